The molecule has 0 rings (SSSR count). The first-order chi connectivity index (χ1) is 6.37. The normalized spacial score (nSPS) is 16.7. The third-order valence-corrected chi connectivity index (χ3v) is 3.29. The van der Waals surface area contributed by atoms with Crippen molar-refractivity contribution < 1.29 is 4.48 Å². The summed E-state index contributed by atoms with van der Waals surface area (Å²) in [5.74, 6) is 0. The predicted molar refractivity (Wildman–Crippen MR) is 66.3 cm³/mol. The van der Waals surface area contributed by atoms with E-state index in [1.165, 1.54) is 19.3 Å². The van der Waals surface area contributed by atoms with Crippen molar-refractivity contribution in [1.82, 2.24) is 0 Å². The van der Waals surface area contributed by atoms with Gasteiger partial charge in [0.25, 0.3) is 0 Å². The van der Waals surface area contributed by atoms with E-state index in [2.05, 4.69) is 28.1 Å². The number of rotatable bonds is 7. The summed E-state index contributed by atoms with van der Waals surface area (Å²) in [4.78, 5) is 0. The quantitative estimate of drug-likeness (QED) is 0.363. The standard InChI is InChI=1S/C11H24Cl2N/c1-5-6-7-8-10(12)11(13)9-14(2,3)4/h10-11H,5-9H2,1-4H3/q+1. The van der Waals surface area contributed by atoms with Crippen molar-refractivity contribution in [3.63, 3.8) is 0 Å². The average molecular weight is 241 g/mol. The first kappa shape index (κ1) is 14.5. The minimum atomic E-state index is 0.0912. The van der Waals surface area contributed by atoms with Crippen LogP contribution in [0.4, 0.5) is 0 Å². The van der Waals surface area contributed by atoms with Crippen LogP contribution in [0.1, 0.15) is 32.6 Å². The Morgan fingerprint density at radius 2 is 1.57 bits per heavy atom. The molecule has 0 aliphatic carbocycles. The van der Waals surface area contributed by atoms with Crippen molar-refractivity contribution in [3.05, 3.63) is 0 Å². The lowest BCUT2D eigenvalue weighted by molar-refractivity contribution is -0.869. The molecule has 86 valence electrons. The Labute approximate surface area is 99.0 Å². The molecule has 0 aliphatic heterocycles. The zero-order valence-electron chi connectivity index (χ0n) is 9.89. The lowest BCUT2D eigenvalue weighted by atomic mass is 10.1. The maximum absolute atomic E-state index is 6.25. The number of unbranched alkanes of at least 4 members (excludes halogenated alkanes) is 2. The highest BCUT2D eigenvalue weighted by Crippen LogP contribution is 2.19. The van der Waals surface area contributed by atoms with Gasteiger partial charge in [-0.2, -0.15) is 0 Å². The monoisotopic (exact) mass is 240 g/mol. The van der Waals surface area contributed by atoms with Gasteiger partial charge in [-0.3, -0.25) is 0 Å². The second-order valence-electron chi connectivity index (χ2n) is 5.00. The summed E-state index contributed by atoms with van der Waals surface area (Å²) in [5, 5.41) is 0.217. The molecule has 0 amide bonds. The van der Waals surface area contributed by atoms with E-state index in [0.29, 0.717) is 0 Å². The van der Waals surface area contributed by atoms with E-state index >= 15 is 0 Å². The highest BCUT2D eigenvalue weighted by molar-refractivity contribution is 6.30. The zero-order chi connectivity index (χ0) is 11.2. The Hall–Kier alpha value is 0.540. The van der Waals surface area contributed by atoms with Gasteiger partial charge in [0, 0.05) is 0 Å². The molecule has 1 nitrogen and oxygen atoms in total. The van der Waals surface area contributed by atoms with Crippen LogP contribution in [0.5, 0.6) is 0 Å². The molecule has 2 atom stereocenters. The Morgan fingerprint density at radius 3 is 2.00 bits per heavy atom. The fraction of sp³-hybridized carbons (Fsp3) is 1.00. The van der Waals surface area contributed by atoms with E-state index in [9.17, 15) is 0 Å². The van der Waals surface area contributed by atoms with E-state index < -0.39 is 0 Å². The van der Waals surface area contributed by atoms with Gasteiger partial charge in [-0.05, 0) is 6.42 Å². The Morgan fingerprint density at radius 1 is 1.00 bits per heavy atom. The van der Waals surface area contributed by atoms with E-state index in [-0.39, 0.29) is 10.8 Å². The largest absolute Gasteiger partial charge is 0.330 e. The minimum Gasteiger partial charge on any atom is -0.330 e. The number of alkyl halides is 2. The second kappa shape index (κ2) is 6.92. The van der Waals surface area contributed by atoms with Crippen LogP contribution >= 0.6 is 23.2 Å². The SMILES string of the molecule is CCCCCC(Cl)C(Cl)C[N+](C)(C)C. The Kier molecular flexibility index (Phi) is 7.19. The van der Waals surface area contributed by atoms with Gasteiger partial charge in [0.1, 0.15) is 0 Å². The summed E-state index contributed by atoms with van der Waals surface area (Å²) in [6, 6.07) is 0. The van der Waals surface area contributed by atoms with Crippen molar-refractivity contribution in [2.75, 3.05) is 27.7 Å². The molecule has 0 N–H and O–H groups in total. The summed E-state index contributed by atoms with van der Waals surface area (Å²) in [7, 11) is 6.43. The van der Waals surface area contributed by atoms with Crippen molar-refractivity contribution in [3.8, 4) is 0 Å². The summed E-state index contributed by atoms with van der Waals surface area (Å²) in [6.45, 7) is 3.13. The van der Waals surface area contributed by atoms with Crippen molar-refractivity contribution in [1.29, 1.82) is 0 Å². The molecule has 0 aromatic rings. The van der Waals surface area contributed by atoms with E-state index in [1.54, 1.807) is 0 Å². The van der Waals surface area contributed by atoms with Crippen molar-refractivity contribution >= 4 is 23.2 Å². The molecule has 14 heavy (non-hydrogen) atoms. The minimum absolute atomic E-state index is 0.0912. The zero-order valence-corrected chi connectivity index (χ0v) is 11.4. The topological polar surface area (TPSA) is 0 Å². The van der Waals surface area contributed by atoms with Crippen LogP contribution in [0.3, 0.4) is 0 Å². The van der Waals surface area contributed by atoms with Crippen LogP contribution in [0.2, 0.25) is 0 Å². The van der Waals surface area contributed by atoms with Gasteiger partial charge in [0.2, 0.25) is 0 Å². The second-order valence-corrected chi connectivity index (χ2v) is 6.12. The number of hydrogen-bond donors (Lipinski definition) is 0. The molecule has 0 aromatic carbocycles. The number of nitrogens with zero attached hydrogens (tertiary/aromatic N) is 1. The Bertz CT molecular complexity index is 143. The molecule has 0 saturated carbocycles. The van der Waals surface area contributed by atoms with Crippen LogP contribution < -0.4 is 0 Å². The van der Waals surface area contributed by atoms with Gasteiger partial charge in [-0.25, -0.2) is 0 Å². The van der Waals surface area contributed by atoms with E-state index in [0.717, 1.165) is 17.4 Å². The van der Waals surface area contributed by atoms with E-state index in [4.69, 9.17) is 23.2 Å². The highest BCUT2D eigenvalue weighted by atomic mass is 35.5. The summed E-state index contributed by atoms with van der Waals surface area (Å²) < 4.78 is 0.880. The van der Waals surface area contributed by atoms with Crippen LogP contribution in [-0.4, -0.2) is 42.9 Å². The lowest BCUT2D eigenvalue weighted by Crippen LogP contribution is -2.42. The first-order valence-corrected chi connectivity index (χ1v) is 6.32. The molecule has 0 bridgehead atoms. The summed E-state index contributed by atoms with van der Waals surface area (Å²) in [5.41, 5.74) is 0. The average Bonchev–Trinajstić information content (AvgIpc) is 2.01. The molecule has 0 heterocycles. The molecule has 3 heteroatoms. The molecule has 0 fully saturated rings. The summed E-state index contributed by atoms with van der Waals surface area (Å²) in [6.07, 6.45) is 4.75. The molecule has 0 aromatic heterocycles. The fourth-order valence-electron chi connectivity index (χ4n) is 1.41. The number of halogens is 2. The summed E-state index contributed by atoms with van der Waals surface area (Å²) >= 11 is 12.5. The predicted octanol–water partition coefficient (Wildman–Crippen LogP) is 3.49. The Balaban J connectivity index is 3.70. The van der Waals surface area contributed by atoms with Gasteiger partial charge in [0.15, 0.2) is 0 Å². The molecular weight excluding hydrogens is 217 g/mol. The van der Waals surface area contributed by atoms with Crippen LogP contribution in [-0.2, 0) is 0 Å². The third-order valence-electron chi connectivity index (χ3n) is 2.20. The van der Waals surface area contributed by atoms with Crippen molar-refractivity contribution in [2.24, 2.45) is 0 Å². The van der Waals surface area contributed by atoms with Gasteiger partial charge in [-0.1, -0.05) is 26.2 Å². The van der Waals surface area contributed by atoms with Gasteiger partial charge in [0.05, 0.1) is 38.4 Å². The molecule has 0 radical (unpaired) electrons. The number of quaternary nitrogens is 1. The van der Waals surface area contributed by atoms with E-state index in [1.807, 2.05) is 0 Å². The molecule has 0 saturated heterocycles. The van der Waals surface area contributed by atoms with Crippen LogP contribution in [0.25, 0.3) is 0 Å². The highest BCUT2D eigenvalue weighted by Gasteiger charge is 2.22. The van der Waals surface area contributed by atoms with Gasteiger partial charge >= 0.3 is 0 Å². The van der Waals surface area contributed by atoms with Crippen LogP contribution in [0, 0.1) is 0 Å². The number of hydrogen-bond acceptors (Lipinski definition) is 0. The third kappa shape index (κ3) is 7.90. The lowest BCUT2D eigenvalue weighted by Gasteiger charge is -2.28. The molecule has 0 spiro atoms. The van der Waals surface area contributed by atoms with Gasteiger partial charge in [-0.15, -0.1) is 23.2 Å². The van der Waals surface area contributed by atoms with Crippen molar-refractivity contribution in [2.45, 2.75) is 43.4 Å². The maximum Gasteiger partial charge on any atom is 0.0988 e. The molecule has 0 aliphatic rings. The van der Waals surface area contributed by atoms with Gasteiger partial charge < -0.3 is 4.48 Å². The smallest absolute Gasteiger partial charge is 0.0988 e. The maximum atomic E-state index is 6.25. The van der Waals surface area contributed by atoms with Crippen LogP contribution in [0.15, 0.2) is 0 Å². The first-order valence-electron chi connectivity index (χ1n) is 5.45. The molecule has 2 unspecified atom stereocenters. The molecular formula is C11H24Cl2N+. The fourth-order valence-corrected chi connectivity index (χ4v) is 2.18.